The average Bonchev–Trinajstić information content (AvgIpc) is 2.99. The van der Waals surface area contributed by atoms with Crippen LogP contribution in [0.4, 0.5) is 13.2 Å². The zero-order valence-electron chi connectivity index (χ0n) is 12.2. The fourth-order valence-corrected chi connectivity index (χ4v) is 3.52. The number of alkyl halides is 3. The highest BCUT2D eigenvalue weighted by atomic mass is 32.2. The summed E-state index contributed by atoms with van der Waals surface area (Å²) >= 11 is 5.09. The van der Waals surface area contributed by atoms with E-state index >= 15 is 0 Å². The zero-order chi connectivity index (χ0) is 17.3. The standard InChI is InChI=1S/C13H13F3N4OS2/c1-9(10-3-4-11(18-7-10)13(14,15)16)23(2,21)19-12(22)20-6-5-17-8-20/h3-9H,1-2H3/p+1. The molecule has 0 aliphatic carbocycles. The van der Waals surface area contributed by atoms with E-state index in [1.165, 1.54) is 16.9 Å². The first-order chi connectivity index (χ1) is 10.6. The van der Waals surface area contributed by atoms with Crippen LogP contribution in [0.2, 0.25) is 0 Å². The molecule has 23 heavy (non-hydrogen) atoms. The third-order valence-corrected chi connectivity index (χ3v) is 5.76. The molecule has 2 rings (SSSR count). The SMILES string of the molecule is CC(c1ccc(C(F)(F)F)nc1)S(C)(=O)=NC(=S)[n+]1cc[nH]c1. The highest BCUT2D eigenvalue weighted by Gasteiger charge is 2.32. The van der Waals surface area contributed by atoms with E-state index in [2.05, 4.69) is 14.3 Å². The van der Waals surface area contributed by atoms with E-state index in [1.54, 1.807) is 25.6 Å². The van der Waals surface area contributed by atoms with Crippen LogP contribution in [0, 0.1) is 0 Å². The molecule has 0 saturated carbocycles. The lowest BCUT2D eigenvalue weighted by molar-refractivity contribution is -0.551. The summed E-state index contributed by atoms with van der Waals surface area (Å²) in [6, 6.07) is 2.12. The quantitative estimate of drug-likeness (QED) is 0.659. The van der Waals surface area contributed by atoms with E-state index in [4.69, 9.17) is 12.2 Å². The number of aromatic nitrogens is 3. The number of aromatic amines is 1. The highest BCUT2D eigenvalue weighted by molar-refractivity contribution is 7.94. The van der Waals surface area contributed by atoms with Gasteiger partial charge >= 0.3 is 11.3 Å². The molecular formula is C13H14F3N4OS2+. The van der Waals surface area contributed by atoms with Gasteiger partial charge in [-0.05, 0) is 35.1 Å². The van der Waals surface area contributed by atoms with Gasteiger partial charge < -0.3 is 0 Å². The smallest absolute Gasteiger partial charge is 0.283 e. The zero-order valence-corrected chi connectivity index (χ0v) is 13.9. The molecule has 0 fully saturated rings. The monoisotopic (exact) mass is 363 g/mol. The topological polar surface area (TPSA) is 62.0 Å². The second kappa shape index (κ2) is 6.36. The van der Waals surface area contributed by atoms with Gasteiger partial charge in [0.1, 0.15) is 21.6 Å². The molecule has 2 atom stereocenters. The van der Waals surface area contributed by atoms with Crippen LogP contribution in [-0.4, -0.2) is 25.5 Å². The maximum absolute atomic E-state index is 12.7. The van der Waals surface area contributed by atoms with Crippen molar-refractivity contribution in [3.8, 4) is 0 Å². The van der Waals surface area contributed by atoms with E-state index < -0.39 is 26.8 Å². The summed E-state index contributed by atoms with van der Waals surface area (Å²) in [7, 11) is -2.81. The van der Waals surface area contributed by atoms with Crippen LogP contribution in [0.3, 0.4) is 0 Å². The molecule has 0 saturated heterocycles. The Morgan fingerprint density at radius 1 is 1.48 bits per heavy atom. The first kappa shape index (κ1) is 17.5. The van der Waals surface area contributed by atoms with Gasteiger partial charge in [-0.1, -0.05) is 6.07 Å². The van der Waals surface area contributed by atoms with Crippen molar-refractivity contribution in [1.82, 2.24) is 9.97 Å². The lowest BCUT2D eigenvalue weighted by Gasteiger charge is -2.12. The number of nitrogens with zero attached hydrogens (tertiary/aromatic N) is 3. The molecule has 2 unspecified atom stereocenters. The number of pyridine rings is 1. The molecule has 5 nitrogen and oxygen atoms in total. The number of imidazole rings is 1. The summed E-state index contributed by atoms with van der Waals surface area (Å²) < 4.78 is 55.8. The third-order valence-electron chi connectivity index (χ3n) is 3.23. The van der Waals surface area contributed by atoms with Gasteiger partial charge in [0, 0.05) is 12.5 Å². The maximum atomic E-state index is 12.7. The van der Waals surface area contributed by atoms with Gasteiger partial charge in [-0.3, -0.25) is 9.97 Å². The number of halogens is 3. The molecule has 10 heteroatoms. The molecule has 2 aromatic rings. The number of hydrogen-bond acceptors (Lipinski definition) is 3. The van der Waals surface area contributed by atoms with Crippen LogP contribution in [-0.2, 0) is 15.9 Å². The molecule has 1 N–H and O–H groups in total. The molecule has 0 aliphatic rings. The minimum Gasteiger partial charge on any atom is -0.283 e. The Labute approximate surface area is 136 Å². The second-order valence-corrected chi connectivity index (χ2v) is 7.85. The minimum absolute atomic E-state index is 0.102. The Morgan fingerprint density at radius 2 is 2.17 bits per heavy atom. The lowest BCUT2D eigenvalue weighted by Crippen LogP contribution is -2.38. The fourth-order valence-electron chi connectivity index (χ4n) is 1.76. The van der Waals surface area contributed by atoms with Crippen molar-refractivity contribution in [2.75, 3.05) is 6.26 Å². The van der Waals surface area contributed by atoms with Crippen molar-refractivity contribution in [2.24, 2.45) is 4.36 Å². The van der Waals surface area contributed by atoms with Crippen LogP contribution in [0.5, 0.6) is 0 Å². The van der Waals surface area contributed by atoms with Crippen LogP contribution in [0.15, 0.2) is 41.4 Å². The van der Waals surface area contributed by atoms with Crippen LogP contribution in [0.1, 0.15) is 23.4 Å². The molecule has 0 spiro atoms. The fraction of sp³-hybridized carbons (Fsp3) is 0.308. The summed E-state index contributed by atoms with van der Waals surface area (Å²) in [4.78, 5) is 6.16. The van der Waals surface area contributed by atoms with Gasteiger partial charge in [-0.15, -0.1) is 0 Å². The Balaban J connectivity index is 2.29. The maximum Gasteiger partial charge on any atom is 0.433 e. The van der Waals surface area contributed by atoms with Crippen molar-refractivity contribution in [1.29, 1.82) is 0 Å². The molecular weight excluding hydrogens is 349 g/mol. The lowest BCUT2D eigenvalue weighted by atomic mass is 10.2. The van der Waals surface area contributed by atoms with Crippen molar-refractivity contribution in [3.63, 3.8) is 0 Å². The van der Waals surface area contributed by atoms with Crippen molar-refractivity contribution >= 4 is 27.1 Å². The molecule has 2 aromatic heterocycles. The normalized spacial score (nSPS) is 15.7. The molecule has 0 aliphatic heterocycles. The third kappa shape index (κ3) is 4.14. The van der Waals surface area contributed by atoms with Gasteiger partial charge in [-0.25, -0.2) is 4.21 Å². The average molecular weight is 363 g/mol. The molecule has 0 bridgehead atoms. The summed E-state index contributed by atoms with van der Waals surface area (Å²) in [6.07, 6.45) is 2.76. The Morgan fingerprint density at radius 3 is 2.65 bits per heavy atom. The van der Waals surface area contributed by atoms with E-state index in [1.807, 2.05) is 0 Å². The summed E-state index contributed by atoms with van der Waals surface area (Å²) in [6.45, 7) is 1.61. The second-order valence-electron chi connectivity index (χ2n) is 4.87. The number of nitrogens with one attached hydrogen (secondary N) is 1. The van der Waals surface area contributed by atoms with Crippen LogP contribution >= 0.6 is 12.2 Å². The van der Waals surface area contributed by atoms with Gasteiger partial charge in [-0.2, -0.15) is 17.7 Å². The Kier molecular flexibility index (Phi) is 4.85. The summed E-state index contributed by atoms with van der Waals surface area (Å²) in [5, 5.41) is -0.528. The predicted molar refractivity (Wildman–Crippen MR) is 83.1 cm³/mol. The first-order valence-corrected chi connectivity index (χ1v) is 8.83. The molecule has 0 aromatic carbocycles. The Hall–Kier alpha value is -1.81. The molecule has 2 heterocycles. The van der Waals surface area contributed by atoms with E-state index in [0.717, 1.165) is 12.3 Å². The van der Waals surface area contributed by atoms with Crippen molar-refractivity contribution in [2.45, 2.75) is 18.3 Å². The number of hydrogen-bond donors (Lipinski definition) is 1. The van der Waals surface area contributed by atoms with Crippen molar-refractivity contribution in [3.05, 3.63) is 48.3 Å². The van der Waals surface area contributed by atoms with Gasteiger partial charge in [0.25, 0.3) is 0 Å². The molecule has 124 valence electrons. The van der Waals surface area contributed by atoms with E-state index in [-0.39, 0.29) is 5.11 Å². The molecule has 0 radical (unpaired) electrons. The van der Waals surface area contributed by atoms with Gasteiger partial charge in [0.05, 0.1) is 11.4 Å². The summed E-state index contributed by atoms with van der Waals surface area (Å²) in [5.74, 6) is 0. The summed E-state index contributed by atoms with van der Waals surface area (Å²) in [5.41, 5.74) is -0.595. The highest BCUT2D eigenvalue weighted by Crippen LogP contribution is 2.29. The largest absolute Gasteiger partial charge is 0.433 e. The predicted octanol–water partition coefficient (Wildman–Crippen LogP) is 2.71. The Bertz CT molecular complexity index is 807. The van der Waals surface area contributed by atoms with Crippen LogP contribution < -0.4 is 4.57 Å². The van der Waals surface area contributed by atoms with Crippen LogP contribution in [0.25, 0.3) is 0 Å². The number of H-pyrrole nitrogens is 1. The molecule has 0 amide bonds. The van der Waals surface area contributed by atoms with E-state index in [9.17, 15) is 17.4 Å². The van der Waals surface area contributed by atoms with Gasteiger partial charge in [0.2, 0.25) is 0 Å². The first-order valence-electron chi connectivity index (χ1n) is 6.44. The van der Waals surface area contributed by atoms with E-state index in [0.29, 0.717) is 5.56 Å². The van der Waals surface area contributed by atoms with Gasteiger partial charge in [0.15, 0.2) is 6.33 Å². The minimum atomic E-state index is -4.51. The number of rotatable bonds is 2. The number of thiocarbonyl (C=S) groups is 1. The van der Waals surface area contributed by atoms with Crippen molar-refractivity contribution < 1.29 is 21.9 Å².